The molecule has 0 saturated carbocycles. The third-order valence-electron chi connectivity index (χ3n) is 4.51. The van der Waals surface area contributed by atoms with Crippen molar-refractivity contribution in [1.82, 2.24) is 9.88 Å². The highest BCUT2D eigenvalue weighted by atomic mass is 35.5. The minimum absolute atomic E-state index is 0. The Morgan fingerprint density at radius 3 is 2.41 bits per heavy atom. The molecular formula is C22H28ClN3OS2. The van der Waals surface area contributed by atoms with Gasteiger partial charge in [-0.25, -0.2) is 4.98 Å². The normalized spacial score (nSPS) is 10.9. The molecule has 0 saturated heterocycles. The van der Waals surface area contributed by atoms with Gasteiger partial charge in [0.15, 0.2) is 5.13 Å². The van der Waals surface area contributed by atoms with Gasteiger partial charge in [-0.2, -0.15) is 0 Å². The van der Waals surface area contributed by atoms with Crippen LogP contribution in [0.15, 0.2) is 47.4 Å². The molecule has 1 aromatic heterocycles. The van der Waals surface area contributed by atoms with Crippen LogP contribution in [0, 0.1) is 0 Å². The Bertz CT molecular complexity index is 941. The van der Waals surface area contributed by atoms with E-state index >= 15 is 0 Å². The van der Waals surface area contributed by atoms with Gasteiger partial charge in [0.1, 0.15) is 0 Å². The van der Waals surface area contributed by atoms with Gasteiger partial charge in [0, 0.05) is 23.5 Å². The van der Waals surface area contributed by atoms with Crippen LogP contribution in [0.5, 0.6) is 0 Å². The molecule has 0 radical (unpaired) electrons. The fraction of sp³-hybridized carbons (Fsp3) is 0.364. The highest BCUT2D eigenvalue weighted by Gasteiger charge is 2.21. The van der Waals surface area contributed by atoms with Crippen LogP contribution < -0.4 is 4.90 Å². The summed E-state index contributed by atoms with van der Waals surface area (Å²) in [6, 6.07) is 14.2. The van der Waals surface area contributed by atoms with Crippen molar-refractivity contribution in [3.8, 4) is 0 Å². The number of aromatic nitrogens is 1. The highest BCUT2D eigenvalue weighted by molar-refractivity contribution is 7.99. The lowest BCUT2D eigenvalue weighted by Crippen LogP contribution is -2.36. The number of rotatable bonds is 8. The standard InChI is InChI=1S/C22H27N3OS2.ClH/c1-5-16-7-12-19-20(15-16)28-22(23-19)25(14-13-24(3)4)21(26)17-8-10-18(11-9-17)27-6-2;/h7-12,15H,5-6,13-14H2,1-4H3;1H. The predicted molar refractivity (Wildman–Crippen MR) is 129 cm³/mol. The lowest BCUT2D eigenvalue weighted by molar-refractivity contribution is 0.0985. The largest absolute Gasteiger partial charge is 0.308 e. The number of fused-ring (bicyclic) bond motifs is 1. The number of thioether (sulfide) groups is 1. The maximum absolute atomic E-state index is 13.3. The molecule has 3 rings (SSSR count). The SMILES string of the molecule is CCSc1ccc(C(=O)N(CCN(C)C)c2nc3ccc(CC)cc3s2)cc1.Cl. The fourth-order valence-corrected chi connectivity index (χ4v) is 4.61. The summed E-state index contributed by atoms with van der Waals surface area (Å²) >= 11 is 3.37. The maximum Gasteiger partial charge on any atom is 0.260 e. The summed E-state index contributed by atoms with van der Waals surface area (Å²) in [6.07, 6.45) is 0.995. The van der Waals surface area contributed by atoms with Crippen LogP contribution in [0.1, 0.15) is 29.8 Å². The second-order valence-electron chi connectivity index (χ2n) is 6.87. The van der Waals surface area contributed by atoms with E-state index in [1.165, 1.54) is 10.5 Å². The topological polar surface area (TPSA) is 36.4 Å². The van der Waals surface area contributed by atoms with Gasteiger partial charge in [-0.05, 0) is 68.2 Å². The first kappa shape index (κ1) is 23.7. The number of aryl methyl sites for hydroxylation is 1. The van der Waals surface area contributed by atoms with Crippen molar-refractivity contribution in [3.63, 3.8) is 0 Å². The lowest BCUT2D eigenvalue weighted by atomic mass is 10.2. The third-order valence-corrected chi connectivity index (χ3v) is 6.44. The first-order chi connectivity index (χ1) is 13.5. The molecule has 0 aliphatic rings. The van der Waals surface area contributed by atoms with Gasteiger partial charge in [0.2, 0.25) is 0 Å². The Morgan fingerprint density at radius 2 is 1.79 bits per heavy atom. The highest BCUT2D eigenvalue weighted by Crippen LogP contribution is 2.31. The monoisotopic (exact) mass is 449 g/mol. The molecule has 0 aliphatic carbocycles. The molecule has 0 bridgehead atoms. The minimum Gasteiger partial charge on any atom is -0.308 e. The van der Waals surface area contributed by atoms with Crippen LogP contribution in [-0.4, -0.2) is 48.7 Å². The molecule has 1 heterocycles. The van der Waals surface area contributed by atoms with Crippen molar-refractivity contribution in [3.05, 3.63) is 53.6 Å². The molecule has 3 aromatic rings. The average Bonchev–Trinajstić information content (AvgIpc) is 3.11. The van der Waals surface area contributed by atoms with E-state index in [0.717, 1.165) is 34.1 Å². The quantitative estimate of drug-likeness (QED) is 0.419. The zero-order valence-electron chi connectivity index (χ0n) is 17.3. The molecule has 0 aliphatic heterocycles. The second kappa shape index (κ2) is 11.0. The number of hydrogen-bond donors (Lipinski definition) is 0. The van der Waals surface area contributed by atoms with Gasteiger partial charge in [0.05, 0.1) is 10.2 Å². The number of thiazole rings is 1. The number of anilines is 1. The fourth-order valence-electron chi connectivity index (χ4n) is 2.89. The van der Waals surface area contributed by atoms with E-state index in [-0.39, 0.29) is 18.3 Å². The number of carbonyl (C=O) groups excluding carboxylic acids is 1. The minimum atomic E-state index is 0. The van der Waals surface area contributed by atoms with E-state index in [0.29, 0.717) is 12.1 Å². The molecule has 0 atom stereocenters. The van der Waals surface area contributed by atoms with E-state index in [9.17, 15) is 4.79 Å². The zero-order valence-corrected chi connectivity index (χ0v) is 19.8. The van der Waals surface area contributed by atoms with E-state index in [1.54, 1.807) is 23.1 Å². The van der Waals surface area contributed by atoms with Crippen molar-refractivity contribution in [1.29, 1.82) is 0 Å². The predicted octanol–water partition coefficient (Wildman–Crippen LogP) is 5.60. The van der Waals surface area contributed by atoms with E-state index in [4.69, 9.17) is 4.98 Å². The van der Waals surface area contributed by atoms with E-state index < -0.39 is 0 Å². The van der Waals surface area contributed by atoms with Gasteiger partial charge in [-0.1, -0.05) is 31.3 Å². The van der Waals surface area contributed by atoms with E-state index in [1.807, 2.05) is 43.3 Å². The zero-order chi connectivity index (χ0) is 20.1. The summed E-state index contributed by atoms with van der Waals surface area (Å²) in [5.74, 6) is 1.03. The number of halogens is 1. The number of amides is 1. The molecule has 0 fully saturated rings. The average molecular weight is 450 g/mol. The summed E-state index contributed by atoms with van der Waals surface area (Å²) in [5, 5.41) is 0.766. The first-order valence-corrected chi connectivity index (χ1v) is 11.4. The number of likely N-dealkylation sites (N-methyl/N-ethyl adjacent to an activating group) is 1. The lowest BCUT2D eigenvalue weighted by Gasteiger charge is -2.22. The summed E-state index contributed by atoms with van der Waals surface area (Å²) in [6.45, 7) is 5.67. The molecule has 29 heavy (non-hydrogen) atoms. The van der Waals surface area contributed by atoms with Crippen LogP contribution in [-0.2, 0) is 6.42 Å². The Kier molecular flexibility index (Phi) is 8.96. The van der Waals surface area contributed by atoms with Gasteiger partial charge < -0.3 is 4.90 Å². The summed E-state index contributed by atoms with van der Waals surface area (Å²) in [7, 11) is 4.04. The molecule has 1 amide bonds. The van der Waals surface area contributed by atoms with Crippen LogP contribution in [0.4, 0.5) is 5.13 Å². The van der Waals surface area contributed by atoms with Crippen molar-refractivity contribution in [2.45, 2.75) is 25.2 Å². The molecule has 2 aromatic carbocycles. The Hall–Kier alpha value is -1.60. The Morgan fingerprint density at radius 1 is 1.07 bits per heavy atom. The van der Waals surface area contributed by atoms with E-state index in [2.05, 4.69) is 36.9 Å². The molecule has 0 N–H and O–H groups in total. The van der Waals surface area contributed by atoms with Crippen LogP contribution >= 0.6 is 35.5 Å². The summed E-state index contributed by atoms with van der Waals surface area (Å²) in [5.41, 5.74) is 2.94. The first-order valence-electron chi connectivity index (χ1n) is 9.60. The van der Waals surface area contributed by atoms with Crippen molar-refractivity contribution in [2.24, 2.45) is 0 Å². The summed E-state index contributed by atoms with van der Waals surface area (Å²) < 4.78 is 1.13. The molecule has 156 valence electrons. The Labute approximate surface area is 187 Å². The molecule has 0 unspecified atom stereocenters. The van der Waals surface area contributed by atoms with Crippen molar-refractivity contribution in [2.75, 3.05) is 37.8 Å². The van der Waals surface area contributed by atoms with Crippen LogP contribution in [0.25, 0.3) is 10.2 Å². The third kappa shape index (κ3) is 5.95. The number of nitrogens with zero attached hydrogens (tertiary/aromatic N) is 3. The van der Waals surface area contributed by atoms with Gasteiger partial charge in [-0.3, -0.25) is 9.69 Å². The molecule has 0 spiro atoms. The van der Waals surface area contributed by atoms with Crippen LogP contribution in [0.2, 0.25) is 0 Å². The van der Waals surface area contributed by atoms with Crippen molar-refractivity contribution < 1.29 is 4.79 Å². The number of benzene rings is 2. The van der Waals surface area contributed by atoms with Gasteiger partial charge in [0.25, 0.3) is 5.91 Å². The number of hydrogen-bond acceptors (Lipinski definition) is 5. The van der Waals surface area contributed by atoms with Gasteiger partial charge >= 0.3 is 0 Å². The van der Waals surface area contributed by atoms with Crippen LogP contribution in [0.3, 0.4) is 0 Å². The molecule has 7 heteroatoms. The second-order valence-corrected chi connectivity index (χ2v) is 9.22. The Balaban J connectivity index is 0.00000300. The van der Waals surface area contributed by atoms with Gasteiger partial charge in [-0.15, -0.1) is 24.2 Å². The van der Waals surface area contributed by atoms with Crippen molar-refractivity contribution >= 4 is 56.8 Å². The molecule has 4 nitrogen and oxygen atoms in total. The number of carbonyl (C=O) groups is 1. The molecular weight excluding hydrogens is 422 g/mol. The maximum atomic E-state index is 13.3. The summed E-state index contributed by atoms with van der Waals surface area (Å²) in [4.78, 5) is 23.1. The smallest absolute Gasteiger partial charge is 0.260 e.